The fourth-order valence-electron chi connectivity index (χ4n) is 3.47. The second-order valence-electron chi connectivity index (χ2n) is 7.88. The summed E-state index contributed by atoms with van der Waals surface area (Å²) in [5.74, 6) is 0.456. The van der Waals surface area contributed by atoms with Gasteiger partial charge in [-0.1, -0.05) is 37.1 Å². The average molecular weight is 487 g/mol. The first-order valence-corrected chi connectivity index (χ1v) is 11.5. The lowest BCUT2D eigenvalue weighted by atomic mass is 10.1. The molecule has 0 heterocycles. The zero-order chi connectivity index (χ0) is 25.5. The number of unbranched alkanes of at least 4 members (excludes halogenated alkanes) is 2. The maximum absolute atomic E-state index is 12.3. The molecule has 0 aliphatic carbocycles. The van der Waals surface area contributed by atoms with Crippen molar-refractivity contribution in [2.45, 2.75) is 44.6 Å². The predicted molar refractivity (Wildman–Crippen MR) is 132 cm³/mol. The Hall–Kier alpha value is -3.79. The number of para-hydroxylation sites is 1. The van der Waals surface area contributed by atoms with Crippen LogP contribution in [0.4, 0.5) is 10.5 Å². The minimum absolute atomic E-state index is 0.0761. The summed E-state index contributed by atoms with van der Waals surface area (Å²) in [6, 6.07) is 13.3. The molecule has 10 heteroatoms. The highest BCUT2D eigenvalue weighted by molar-refractivity contribution is 5.90. The van der Waals surface area contributed by atoms with Crippen LogP contribution in [0.1, 0.15) is 37.7 Å². The molecule has 2 aromatic rings. The minimum Gasteiger partial charge on any atom is -0.493 e. The van der Waals surface area contributed by atoms with Crippen LogP contribution in [0.2, 0.25) is 0 Å². The van der Waals surface area contributed by atoms with Crippen molar-refractivity contribution >= 4 is 23.5 Å². The first kappa shape index (κ1) is 27.5. The van der Waals surface area contributed by atoms with E-state index in [9.17, 15) is 14.4 Å². The van der Waals surface area contributed by atoms with E-state index in [2.05, 4.69) is 16.0 Å². The molecule has 0 spiro atoms. The van der Waals surface area contributed by atoms with Crippen molar-refractivity contribution in [3.05, 3.63) is 54.1 Å². The van der Waals surface area contributed by atoms with E-state index >= 15 is 0 Å². The maximum Gasteiger partial charge on any atom is 0.315 e. The summed E-state index contributed by atoms with van der Waals surface area (Å²) in [4.78, 5) is 36.2. The topological polar surface area (TPSA) is 138 Å². The Labute approximate surface area is 205 Å². The fourth-order valence-corrected chi connectivity index (χ4v) is 3.47. The van der Waals surface area contributed by atoms with Gasteiger partial charge in [-0.2, -0.15) is 0 Å². The Balaban J connectivity index is 1.69. The zero-order valence-corrected chi connectivity index (χ0v) is 20.1. The quantitative estimate of drug-likeness (QED) is 0.158. The van der Waals surface area contributed by atoms with Gasteiger partial charge in [0.25, 0.3) is 5.91 Å². The molecule has 0 unspecified atom stereocenters. The van der Waals surface area contributed by atoms with Crippen molar-refractivity contribution < 1.29 is 29.1 Å². The van der Waals surface area contributed by atoms with E-state index in [-0.39, 0.29) is 5.91 Å². The van der Waals surface area contributed by atoms with Gasteiger partial charge < -0.3 is 25.4 Å². The minimum atomic E-state index is -0.890. The number of carbonyl (C=O) groups excluding carboxylic acids is 3. The van der Waals surface area contributed by atoms with Crippen LogP contribution in [-0.2, 0) is 16.0 Å². The van der Waals surface area contributed by atoms with Crippen molar-refractivity contribution in [3.8, 4) is 11.5 Å². The lowest BCUT2D eigenvalue weighted by Crippen LogP contribution is -2.49. The van der Waals surface area contributed by atoms with Crippen molar-refractivity contribution in [1.29, 1.82) is 0 Å². The van der Waals surface area contributed by atoms with Crippen LogP contribution in [0, 0.1) is 0 Å². The molecule has 0 fully saturated rings. The van der Waals surface area contributed by atoms with Crippen LogP contribution in [0.3, 0.4) is 0 Å². The van der Waals surface area contributed by atoms with E-state index in [1.54, 1.807) is 25.8 Å². The molecule has 0 bridgehead atoms. The third-order valence-electron chi connectivity index (χ3n) is 5.33. The zero-order valence-electron chi connectivity index (χ0n) is 20.1. The number of nitrogens with one attached hydrogen (secondary N) is 4. The Morgan fingerprint density at radius 1 is 0.943 bits per heavy atom. The SMILES string of the molecule is COc1ccc(CCNC(=O)N[C@@H](CCCCCC(=O)Nc2ccccc2)C(=O)NO)cc1OC. The van der Waals surface area contributed by atoms with Crippen LogP contribution >= 0.6 is 0 Å². The van der Waals surface area contributed by atoms with Crippen molar-refractivity contribution in [3.63, 3.8) is 0 Å². The molecule has 190 valence electrons. The van der Waals surface area contributed by atoms with Crippen molar-refractivity contribution in [2.24, 2.45) is 0 Å². The number of anilines is 1. The highest BCUT2D eigenvalue weighted by Crippen LogP contribution is 2.27. The molecule has 1 atom stereocenters. The average Bonchev–Trinajstić information content (AvgIpc) is 2.87. The molecule has 0 radical (unpaired) electrons. The highest BCUT2D eigenvalue weighted by atomic mass is 16.5. The largest absolute Gasteiger partial charge is 0.493 e. The van der Waals surface area contributed by atoms with Crippen LogP contribution < -0.4 is 30.9 Å². The number of carbonyl (C=O) groups is 3. The predicted octanol–water partition coefficient (Wildman–Crippen LogP) is 3.01. The molecule has 0 saturated heterocycles. The molecular weight excluding hydrogens is 452 g/mol. The van der Waals surface area contributed by atoms with Crippen molar-refractivity contribution in [2.75, 3.05) is 26.1 Å². The van der Waals surface area contributed by atoms with E-state index in [4.69, 9.17) is 14.7 Å². The summed E-state index contributed by atoms with van der Waals surface area (Å²) in [6.07, 6.45) is 3.17. The first-order valence-electron chi connectivity index (χ1n) is 11.5. The van der Waals surface area contributed by atoms with E-state index < -0.39 is 18.0 Å². The number of benzene rings is 2. The van der Waals surface area contributed by atoms with Crippen LogP contribution in [0.25, 0.3) is 0 Å². The summed E-state index contributed by atoms with van der Waals surface area (Å²) in [5, 5.41) is 17.1. The van der Waals surface area contributed by atoms with Crippen molar-refractivity contribution in [1.82, 2.24) is 16.1 Å². The molecule has 2 rings (SSSR count). The molecule has 0 saturated carbocycles. The van der Waals surface area contributed by atoms with Gasteiger partial charge in [0, 0.05) is 18.7 Å². The number of ether oxygens (including phenoxy) is 2. The second kappa shape index (κ2) is 15.2. The van der Waals surface area contributed by atoms with Gasteiger partial charge in [-0.25, -0.2) is 10.3 Å². The van der Waals surface area contributed by atoms with Crippen LogP contribution in [0.5, 0.6) is 11.5 Å². The number of hydroxylamine groups is 1. The van der Waals surface area contributed by atoms with Crippen LogP contribution in [0.15, 0.2) is 48.5 Å². The Morgan fingerprint density at radius 3 is 2.37 bits per heavy atom. The number of amides is 4. The molecule has 2 aromatic carbocycles. The first-order chi connectivity index (χ1) is 17.0. The normalized spacial score (nSPS) is 11.2. The van der Waals surface area contributed by atoms with Gasteiger partial charge in [0.15, 0.2) is 11.5 Å². The molecule has 4 amide bonds. The van der Waals surface area contributed by atoms with E-state index in [1.165, 1.54) is 0 Å². The summed E-state index contributed by atoms with van der Waals surface area (Å²) in [7, 11) is 3.12. The molecule has 10 nitrogen and oxygen atoms in total. The summed E-state index contributed by atoms with van der Waals surface area (Å²) in [6.45, 7) is 0.339. The van der Waals surface area contributed by atoms with Gasteiger partial charge >= 0.3 is 6.03 Å². The monoisotopic (exact) mass is 486 g/mol. The number of hydrogen-bond donors (Lipinski definition) is 5. The molecular formula is C25H34N4O6. The molecule has 5 N–H and O–H groups in total. The number of hydrogen-bond acceptors (Lipinski definition) is 6. The maximum atomic E-state index is 12.3. The molecule has 0 aliphatic rings. The molecule has 0 aliphatic heterocycles. The highest BCUT2D eigenvalue weighted by Gasteiger charge is 2.20. The smallest absolute Gasteiger partial charge is 0.315 e. The standard InChI is InChI=1S/C25H34N4O6/c1-34-21-14-13-18(17-22(21)35-2)15-16-26-25(32)28-20(24(31)29-33)11-7-4-8-12-23(30)27-19-9-5-3-6-10-19/h3,5-6,9-10,13-14,17,20,33H,4,7-8,11-12,15-16H2,1-2H3,(H,27,30)(H,29,31)(H2,26,28,32)/t20-/m0/s1. The van der Waals surface area contributed by atoms with Crippen LogP contribution in [-0.4, -0.2) is 49.9 Å². The van der Waals surface area contributed by atoms with E-state index in [1.807, 2.05) is 42.5 Å². The summed E-state index contributed by atoms with van der Waals surface area (Å²) >= 11 is 0. The molecule has 35 heavy (non-hydrogen) atoms. The Bertz CT molecular complexity index is 954. The number of rotatable bonds is 14. The van der Waals surface area contributed by atoms with Gasteiger partial charge in [0.1, 0.15) is 6.04 Å². The van der Waals surface area contributed by atoms with E-state index in [0.29, 0.717) is 56.6 Å². The van der Waals surface area contributed by atoms with Gasteiger partial charge in [-0.05, 0) is 49.1 Å². The van der Waals surface area contributed by atoms with Gasteiger partial charge in [0.05, 0.1) is 14.2 Å². The van der Waals surface area contributed by atoms with E-state index in [0.717, 1.165) is 11.3 Å². The number of urea groups is 1. The molecule has 0 aromatic heterocycles. The summed E-state index contributed by atoms with van der Waals surface area (Å²) in [5.41, 5.74) is 3.29. The Morgan fingerprint density at radius 2 is 1.69 bits per heavy atom. The van der Waals surface area contributed by atoms with Gasteiger partial charge in [0.2, 0.25) is 5.91 Å². The summed E-state index contributed by atoms with van der Waals surface area (Å²) < 4.78 is 10.5. The van der Waals surface area contributed by atoms with Gasteiger partial charge in [-0.15, -0.1) is 0 Å². The lowest BCUT2D eigenvalue weighted by Gasteiger charge is -2.17. The third kappa shape index (κ3) is 9.93. The Kier molecular flexibility index (Phi) is 11.9. The number of methoxy groups -OCH3 is 2. The van der Waals surface area contributed by atoms with Gasteiger partial charge in [-0.3, -0.25) is 14.8 Å². The fraction of sp³-hybridized carbons (Fsp3) is 0.400. The lowest BCUT2D eigenvalue weighted by molar-refractivity contribution is -0.131. The second-order valence-corrected chi connectivity index (χ2v) is 7.88. The third-order valence-corrected chi connectivity index (χ3v) is 5.33.